The molecule has 2 heterocycles. The zero-order valence-electron chi connectivity index (χ0n) is 11.6. The first kappa shape index (κ1) is 14.8. The van der Waals surface area contributed by atoms with E-state index in [1.54, 1.807) is 0 Å². The zero-order valence-corrected chi connectivity index (χ0v) is 12.4. The standard InChI is InChI=1S/C13H24N2O3S/c1-11-2-6-15(7-3-11)8-5-14-13(16)12-4-9-19(17,18)10-12/h11-12H,2-10H2,1H3,(H,14,16)/t12-/m1/s1. The highest BCUT2D eigenvalue weighted by Gasteiger charge is 2.32. The molecule has 2 fully saturated rings. The summed E-state index contributed by atoms with van der Waals surface area (Å²) < 4.78 is 22.6. The summed E-state index contributed by atoms with van der Waals surface area (Å²) in [6, 6.07) is 0. The van der Waals surface area contributed by atoms with E-state index in [0.717, 1.165) is 25.6 Å². The number of carbonyl (C=O) groups excluding carboxylic acids is 1. The van der Waals surface area contributed by atoms with Crippen molar-refractivity contribution < 1.29 is 13.2 Å². The molecule has 0 spiro atoms. The third kappa shape index (κ3) is 4.45. The average molecular weight is 288 g/mol. The van der Waals surface area contributed by atoms with Gasteiger partial charge in [-0.15, -0.1) is 0 Å². The number of sulfone groups is 1. The Morgan fingerprint density at radius 1 is 1.26 bits per heavy atom. The second-order valence-electron chi connectivity index (χ2n) is 5.92. The SMILES string of the molecule is CC1CCN(CCNC(=O)[C@@H]2CCS(=O)(=O)C2)CC1. The van der Waals surface area contributed by atoms with E-state index in [9.17, 15) is 13.2 Å². The van der Waals surface area contributed by atoms with Crippen LogP contribution in [-0.4, -0.2) is 56.9 Å². The number of likely N-dealkylation sites (tertiary alicyclic amines) is 1. The molecule has 0 saturated carbocycles. The monoisotopic (exact) mass is 288 g/mol. The third-order valence-electron chi connectivity index (χ3n) is 4.21. The molecule has 0 aromatic heterocycles. The van der Waals surface area contributed by atoms with Gasteiger partial charge in [0.05, 0.1) is 17.4 Å². The predicted molar refractivity (Wildman–Crippen MR) is 74.6 cm³/mol. The number of hydrogen-bond donors (Lipinski definition) is 1. The molecular formula is C13H24N2O3S. The van der Waals surface area contributed by atoms with Crippen LogP contribution in [0.15, 0.2) is 0 Å². The highest BCUT2D eigenvalue weighted by atomic mass is 32.2. The highest BCUT2D eigenvalue weighted by Crippen LogP contribution is 2.18. The Morgan fingerprint density at radius 3 is 2.53 bits per heavy atom. The van der Waals surface area contributed by atoms with E-state index in [0.29, 0.717) is 13.0 Å². The van der Waals surface area contributed by atoms with Crippen LogP contribution in [0.4, 0.5) is 0 Å². The lowest BCUT2D eigenvalue weighted by Crippen LogP contribution is -2.40. The Labute approximate surface area is 115 Å². The minimum Gasteiger partial charge on any atom is -0.355 e. The highest BCUT2D eigenvalue weighted by molar-refractivity contribution is 7.91. The lowest BCUT2D eigenvalue weighted by molar-refractivity contribution is -0.124. The van der Waals surface area contributed by atoms with Crippen molar-refractivity contribution in [1.82, 2.24) is 10.2 Å². The average Bonchev–Trinajstić information content (AvgIpc) is 2.72. The first-order valence-electron chi connectivity index (χ1n) is 7.17. The summed E-state index contributed by atoms with van der Waals surface area (Å²) in [5, 5.41) is 2.88. The summed E-state index contributed by atoms with van der Waals surface area (Å²) in [5.74, 6) is 0.585. The van der Waals surface area contributed by atoms with Crippen LogP contribution in [0.3, 0.4) is 0 Å². The van der Waals surface area contributed by atoms with E-state index in [1.807, 2.05) is 0 Å². The largest absolute Gasteiger partial charge is 0.355 e. The van der Waals surface area contributed by atoms with Crippen LogP contribution in [0.5, 0.6) is 0 Å². The molecule has 2 aliphatic rings. The van der Waals surface area contributed by atoms with Gasteiger partial charge in [-0.3, -0.25) is 4.79 Å². The lowest BCUT2D eigenvalue weighted by atomic mass is 9.99. The van der Waals surface area contributed by atoms with Crippen LogP contribution < -0.4 is 5.32 Å². The van der Waals surface area contributed by atoms with Gasteiger partial charge in [0.2, 0.25) is 5.91 Å². The summed E-state index contributed by atoms with van der Waals surface area (Å²) in [5.41, 5.74) is 0. The van der Waals surface area contributed by atoms with Gasteiger partial charge in [-0.05, 0) is 38.3 Å². The molecule has 2 aliphatic heterocycles. The first-order chi connectivity index (χ1) is 8.96. The molecule has 0 aromatic carbocycles. The third-order valence-corrected chi connectivity index (χ3v) is 5.97. The van der Waals surface area contributed by atoms with Gasteiger partial charge < -0.3 is 10.2 Å². The fourth-order valence-electron chi connectivity index (χ4n) is 2.77. The quantitative estimate of drug-likeness (QED) is 0.806. The summed E-state index contributed by atoms with van der Waals surface area (Å²) in [4.78, 5) is 14.2. The van der Waals surface area contributed by atoms with Gasteiger partial charge in [0, 0.05) is 13.1 Å². The molecule has 19 heavy (non-hydrogen) atoms. The summed E-state index contributed by atoms with van der Waals surface area (Å²) in [7, 11) is -2.96. The molecule has 5 nitrogen and oxygen atoms in total. The minimum absolute atomic E-state index is 0.0278. The first-order valence-corrected chi connectivity index (χ1v) is 8.99. The van der Waals surface area contributed by atoms with Crippen molar-refractivity contribution in [1.29, 1.82) is 0 Å². The maximum Gasteiger partial charge on any atom is 0.224 e. The van der Waals surface area contributed by atoms with Crippen molar-refractivity contribution in [3.05, 3.63) is 0 Å². The second kappa shape index (κ2) is 6.22. The molecule has 2 rings (SSSR count). The van der Waals surface area contributed by atoms with E-state index in [-0.39, 0.29) is 23.3 Å². The van der Waals surface area contributed by atoms with Crippen LogP contribution in [0.1, 0.15) is 26.2 Å². The molecule has 110 valence electrons. The van der Waals surface area contributed by atoms with Gasteiger partial charge in [-0.25, -0.2) is 8.42 Å². The molecule has 0 aliphatic carbocycles. The van der Waals surface area contributed by atoms with Crippen molar-refractivity contribution in [2.75, 3.05) is 37.7 Å². The van der Waals surface area contributed by atoms with E-state index < -0.39 is 9.84 Å². The maximum absolute atomic E-state index is 11.8. The molecule has 1 atom stereocenters. The Hall–Kier alpha value is -0.620. The Kier molecular flexibility index (Phi) is 4.84. The molecule has 0 aromatic rings. The van der Waals surface area contributed by atoms with Crippen LogP contribution in [0.2, 0.25) is 0 Å². The van der Waals surface area contributed by atoms with Crippen molar-refractivity contribution in [3.63, 3.8) is 0 Å². The molecule has 0 unspecified atom stereocenters. The second-order valence-corrected chi connectivity index (χ2v) is 8.14. The van der Waals surface area contributed by atoms with Gasteiger partial charge in [0.25, 0.3) is 0 Å². The maximum atomic E-state index is 11.8. The molecule has 2 saturated heterocycles. The molecule has 6 heteroatoms. The van der Waals surface area contributed by atoms with Gasteiger partial charge in [-0.1, -0.05) is 6.92 Å². The molecule has 1 N–H and O–H groups in total. The molecule has 1 amide bonds. The van der Waals surface area contributed by atoms with Crippen LogP contribution in [-0.2, 0) is 14.6 Å². The molecular weight excluding hydrogens is 264 g/mol. The summed E-state index contributed by atoms with van der Waals surface area (Å²) in [6.45, 7) is 5.99. The molecule has 0 bridgehead atoms. The fourth-order valence-corrected chi connectivity index (χ4v) is 4.51. The van der Waals surface area contributed by atoms with Gasteiger partial charge in [-0.2, -0.15) is 0 Å². The number of piperidine rings is 1. The number of amides is 1. The summed E-state index contributed by atoms with van der Waals surface area (Å²) >= 11 is 0. The number of rotatable bonds is 4. The minimum atomic E-state index is -2.96. The lowest BCUT2D eigenvalue weighted by Gasteiger charge is -2.30. The van der Waals surface area contributed by atoms with Gasteiger partial charge in [0.15, 0.2) is 9.84 Å². The van der Waals surface area contributed by atoms with Crippen LogP contribution >= 0.6 is 0 Å². The number of carbonyl (C=O) groups is 1. The summed E-state index contributed by atoms with van der Waals surface area (Å²) in [6.07, 6.45) is 2.94. The Morgan fingerprint density at radius 2 is 1.95 bits per heavy atom. The smallest absolute Gasteiger partial charge is 0.224 e. The zero-order chi connectivity index (χ0) is 13.9. The van der Waals surface area contributed by atoms with E-state index in [2.05, 4.69) is 17.1 Å². The number of hydrogen-bond acceptors (Lipinski definition) is 4. The normalized spacial score (nSPS) is 28.4. The van der Waals surface area contributed by atoms with Crippen LogP contribution in [0, 0.1) is 11.8 Å². The molecule has 0 radical (unpaired) electrons. The fraction of sp³-hybridized carbons (Fsp3) is 0.923. The topological polar surface area (TPSA) is 66.5 Å². The van der Waals surface area contributed by atoms with E-state index in [4.69, 9.17) is 0 Å². The number of nitrogens with one attached hydrogen (secondary N) is 1. The van der Waals surface area contributed by atoms with Crippen molar-refractivity contribution in [3.8, 4) is 0 Å². The van der Waals surface area contributed by atoms with E-state index >= 15 is 0 Å². The van der Waals surface area contributed by atoms with Crippen LogP contribution in [0.25, 0.3) is 0 Å². The Balaban J connectivity index is 1.64. The Bertz CT molecular complexity index is 414. The van der Waals surface area contributed by atoms with Gasteiger partial charge in [0.1, 0.15) is 0 Å². The van der Waals surface area contributed by atoms with Crippen molar-refractivity contribution in [2.45, 2.75) is 26.2 Å². The van der Waals surface area contributed by atoms with Crippen molar-refractivity contribution >= 4 is 15.7 Å². The predicted octanol–water partition coefficient (Wildman–Crippen LogP) is 0.269. The van der Waals surface area contributed by atoms with Crippen molar-refractivity contribution in [2.24, 2.45) is 11.8 Å². The number of nitrogens with zero attached hydrogens (tertiary/aromatic N) is 1. The van der Waals surface area contributed by atoms with Gasteiger partial charge >= 0.3 is 0 Å². The van der Waals surface area contributed by atoms with E-state index in [1.165, 1.54) is 12.8 Å².